The van der Waals surface area contributed by atoms with Crippen molar-refractivity contribution < 1.29 is 17.7 Å². The molecule has 1 heterocycles. The van der Waals surface area contributed by atoms with Gasteiger partial charge in [-0.15, -0.1) is 0 Å². The molecule has 0 bridgehead atoms. The Hall–Kier alpha value is -2.84. The van der Waals surface area contributed by atoms with E-state index in [4.69, 9.17) is 16.1 Å². The van der Waals surface area contributed by atoms with E-state index in [2.05, 4.69) is 10.5 Å². The normalized spacial score (nSPS) is 11.2. The van der Waals surface area contributed by atoms with E-state index in [9.17, 15) is 13.2 Å². The van der Waals surface area contributed by atoms with Crippen molar-refractivity contribution in [2.45, 2.75) is 18.7 Å². The van der Waals surface area contributed by atoms with E-state index in [0.29, 0.717) is 11.4 Å². The summed E-state index contributed by atoms with van der Waals surface area (Å²) in [6.07, 6.45) is 0. The number of amides is 1. The summed E-state index contributed by atoms with van der Waals surface area (Å²) < 4.78 is 32.6. The van der Waals surface area contributed by atoms with Gasteiger partial charge in [0, 0.05) is 18.3 Å². The molecule has 2 aromatic carbocycles. The highest BCUT2D eigenvalue weighted by molar-refractivity contribution is 7.93. The van der Waals surface area contributed by atoms with Crippen LogP contribution >= 0.6 is 11.6 Å². The maximum absolute atomic E-state index is 13.2. The minimum Gasteiger partial charge on any atom is -0.351 e. The summed E-state index contributed by atoms with van der Waals surface area (Å²) in [5.41, 5.74) is 1.35. The molecule has 3 rings (SSSR count). The van der Waals surface area contributed by atoms with Crippen molar-refractivity contribution in [1.29, 1.82) is 0 Å². The van der Waals surface area contributed by atoms with Crippen molar-refractivity contribution in [2.24, 2.45) is 0 Å². The molecule has 1 N–H and O–H groups in total. The van der Waals surface area contributed by atoms with Crippen molar-refractivity contribution in [2.75, 3.05) is 16.2 Å². The highest BCUT2D eigenvalue weighted by Gasteiger charge is 2.26. The summed E-state index contributed by atoms with van der Waals surface area (Å²) >= 11 is 6.18. The van der Waals surface area contributed by atoms with Crippen LogP contribution in [0.1, 0.15) is 23.2 Å². The Morgan fingerprint density at radius 2 is 1.89 bits per heavy atom. The van der Waals surface area contributed by atoms with Crippen LogP contribution in [0.15, 0.2) is 64.0 Å². The molecule has 0 spiro atoms. The topological polar surface area (TPSA) is 92.5 Å². The Labute approximate surface area is 168 Å². The van der Waals surface area contributed by atoms with E-state index in [1.165, 1.54) is 28.6 Å². The SMILES string of the molecule is CCN(c1ccccc1)S(=O)(=O)c1cc(NC(=O)c2cc(C)no2)ccc1Cl. The first-order valence-electron chi connectivity index (χ1n) is 8.45. The highest BCUT2D eigenvalue weighted by Crippen LogP contribution is 2.30. The third-order valence-electron chi connectivity index (χ3n) is 3.94. The summed E-state index contributed by atoms with van der Waals surface area (Å²) in [7, 11) is -3.94. The van der Waals surface area contributed by atoms with Gasteiger partial charge in [-0.05, 0) is 44.2 Å². The number of aryl methyl sites for hydroxylation is 1. The summed E-state index contributed by atoms with van der Waals surface area (Å²) in [4.78, 5) is 12.1. The molecule has 0 aliphatic heterocycles. The van der Waals surface area contributed by atoms with E-state index in [1.807, 2.05) is 0 Å². The molecule has 146 valence electrons. The third-order valence-corrected chi connectivity index (χ3v) is 6.32. The molecule has 7 nitrogen and oxygen atoms in total. The van der Waals surface area contributed by atoms with Gasteiger partial charge in [-0.25, -0.2) is 8.42 Å². The number of nitrogens with one attached hydrogen (secondary N) is 1. The maximum Gasteiger partial charge on any atom is 0.294 e. The largest absolute Gasteiger partial charge is 0.351 e. The Balaban J connectivity index is 1.95. The van der Waals surface area contributed by atoms with Gasteiger partial charge in [-0.1, -0.05) is 35.0 Å². The number of carbonyl (C=O) groups is 1. The van der Waals surface area contributed by atoms with Crippen molar-refractivity contribution in [3.8, 4) is 0 Å². The van der Waals surface area contributed by atoms with Gasteiger partial charge in [0.15, 0.2) is 0 Å². The molecular weight excluding hydrogens is 402 g/mol. The van der Waals surface area contributed by atoms with E-state index in [0.717, 1.165) is 0 Å². The second-order valence-corrected chi connectivity index (χ2v) is 8.18. The number of rotatable bonds is 6. The van der Waals surface area contributed by atoms with E-state index < -0.39 is 15.9 Å². The average molecular weight is 420 g/mol. The van der Waals surface area contributed by atoms with Crippen molar-refractivity contribution in [3.63, 3.8) is 0 Å². The second-order valence-electron chi connectivity index (χ2n) is 5.94. The fourth-order valence-electron chi connectivity index (χ4n) is 2.65. The molecule has 0 aliphatic carbocycles. The van der Waals surface area contributed by atoms with Gasteiger partial charge in [0.2, 0.25) is 5.76 Å². The predicted molar refractivity (Wildman–Crippen MR) is 107 cm³/mol. The molecule has 0 saturated carbocycles. The lowest BCUT2D eigenvalue weighted by atomic mass is 10.3. The lowest BCUT2D eigenvalue weighted by molar-refractivity contribution is 0.0988. The number of hydrogen-bond donors (Lipinski definition) is 1. The highest BCUT2D eigenvalue weighted by atomic mass is 35.5. The number of benzene rings is 2. The van der Waals surface area contributed by atoms with Crippen LogP contribution in [-0.4, -0.2) is 26.0 Å². The number of anilines is 2. The summed E-state index contributed by atoms with van der Waals surface area (Å²) in [6, 6.07) is 14.5. The predicted octanol–water partition coefficient (Wildman–Crippen LogP) is 4.10. The quantitative estimate of drug-likeness (QED) is 0.649. The number of aromatic nitrogens is 1. The standard InChI is InChI=1S/C19H18ClN3O4S/c1-3-23(15-7-5-4-6-8-15)28(25,26)18-12-14(9-10-16(18)20)21-19(24)17-11-13(2)22-27-17/h4-12H,3H2,1-2H3,(H,21,24). The number of carbonyl (C=O) groups excluding carboxylic acids is 1. The van der Waals surface area contributed by atoms with E-state index in [-0.39, 0.29) is 27.9 Å². The van der Waals surface area contributed by atoms with Gasteiger partial charge in [0.25, 0.3) is 15.9 Å². The van der Waals surface area contributed by atoms with Crippen LogP contribution < -0.4 is 9.62 Å². The van der Waals surface area contributed by atoms with Gasteiger partial charge >= 0.3 is 0 Å². The molecule has 0 aliphatic rings. The molecule has 0 unspecified atom stereocenters. The molecular formula is C19H18ClN3O4S. The van der Waals surface area contributed by atoms with Gasteiger partial charge in [0.1, 0.15) is 4.90 Å². The number of sulfonamides is 1. The molecule has 9 heteroatoms. The molecule has 0 atom stereocenters. The van der Waals surface area contributed by atoms with Gasteiger partial charge in [-0.2, -0.15) is 0 Å². The third kappa shape index (κ3) is 4.02. The minimum atomic E-state index is -3.94. The van der Waals surface area contributed by atoms with Crippen LogP contribution in [0.5, 0.6) is 0 Å². The number of para-hydroxylation sites is 1. The fraction of sp³-hybridized carbons (Fsp3) is 0.158. The minimum absolute atomic E-state index is 0.0244. The Kier molecular flexibility index (Phi) is 5.71. The van der Waals surface area contributed by atoms with Crippen molar-refractivity contribution in [3.05, 3.63) is 71.1 Å². The second kappa shape index (κ2) is 8.04. The molecule has 28 heavy (non-hydrogen) atoms. The monoisotopic (exact) mass is 419 g/mol. The zero-order valence-electron chi connectivity index (χ0n) is 15.2. The molecule has 1 aromatic heterocycles. The molecule has 0 radical (unpaired) electrons. The van der Waals surface area contributed by atoms with Crippen LogP contribution in [0.2, 0.25) is 5.02 Å². The van der Waals surface area contributed by atoms with Crippen LogP contribution in [-0.2, 0) is 10.0 Å². The number of hydrogen-bond acceptors (Lipinski definition) is 5. The van der Waals surface area contributed by atoms with E-state index in [1.54, 1.807) is 44.2 Å². The Bertz CT molecular complexity index is 1100. The molecule has 0 saturated heterocycles. The van der Waals surface area contributed by atoms with Crippen LogP contribution in [0, 0.1) is 6.92 Å². The Morgan fingerprint density at radius 3 is 2.50 bits per heavy atom. The molecule has 0 fully saturated rings. The smallest absolute Gasteiger partial charge is 0.294 e. The maximum atomic E-state index is 13.2. The number of nitrogens with zero attached hydrogens (tertiary/aromatic N) is 2. The summed E-state index contributed by atoms with van der Waals surface area (Å²) in [6.45, 7) is 3.64. The van der Waals surface area contributed by atoms with Crippen LogP contribution in [0.25, 0.3) is 0 Å². The molecule has 1 amide bonds. The first kappa shape index (κ1) is 19.9. The lowest BCUT2D eigenvalue weighted by Gasteiger charge is -2.23. The van der Waals surface area contributed by atoms with E-state index >= 15 is 0 Å². The average Bonchev–Trinajstić information content (AvgIpc) is 3.11. The van der Waals surface area contributed by atoms with Crippen LogP contribution in [0.3, 0.4) is 0 Å². The van der Waals surface area contributed by atoms with Crippen molar-refractivity contribution in [1.82, 2.24) is 5.16 Å². The van der Waals surface area contributed by atoms with Gasteiger partial charge in [0.05, 0.1) is 16.4 Å². The number of halogens is 1. The van der Waals surface area contributed by atoms with Gasteiger partial charge in [-0.3, -0.25) is 9.10 Å². The lowest BCUT2D eigenvalue weighted by Crippen LogP contribution is -2.31. The summed E-state index contributed by atoms with van der Waals surface area (Å²) in [5, 5.41) is 6.31. The zero-order chi connectivity index (χ0) is 20.3. The molecule has 3 aromatic rings. The zero-order valence-corrected chi connectivity index (χ0v) is 16.8. The van der Waals surface area contributed by atoms with Gasteiger partial charge < -0.3 is 9.84 Å². The van der Waals surface area contributed by atoms with Crippen LogP contribution in [0.4, 0.5) is 11.4 Å². The van der Waals surface area contributed by atoms with Crippen molar-refractivity contribution >= 4 is 38.9 Å². The fourth-order valence-corrected chi connectivity index (χ4v) is 4.62. The first-order chi connectivity index (χ1) is 13.3. The Morgan fingerprint density at radius 1 is 1.18 bits per heavy atom. The summed E-state index contributed by atoms with van der Waals surface area (Å²) in [5.74, 6) is -0.516. The first-order valence-corrected chi connectivity index (χ1v) is 10.3.